The second-order valence-electron chi connectivity index (χ2n) is 7.85. The number of nitrogens with one attached hydrogen (secondary N) is 3. The molecule has 3 aromatic rings. The minimum atomic E-state index is -4.16. The lowest BCUT2D eigenvalue weighted by Gasteiger charge is -2.39. The normalized spacial score (nSPS) is 14.6. The maximum Gasteiger partial charge on any atom is 0.307 e. The van der Waals surface area contributed by atoms with Gasteiger partial charge in [-0.3, -0.25) is 9.10 Å². The molecule has 1 aliphatic heterocycles. The van der Waals surface area contributed by atoms with Gasteiger partial charge in [0.05, 0.1) is 36.6 Å². The molecular formula is C25H28N4O4S. The maximum absolute atomic E-state index is 14.5. The highest BCUT2D eigenvalue weighted by atomic mass is 32.2. The van der Waals surface area contributed by atoms with Crippen LogP contribution in [0.4, 0.5) is 22.7 Å². The number of hydrogen-bond donors (Lipinski definition) is 3. The van der Waals surface area contributed by atoms with E-state index in [4.69, 9.17) is 4.74 Å². The number of rotatable bonds is 7. The summed E-state index contributed by atoms with van der Waals surface area (Å²) in [6, 6.07) is 17.6. The van der Waals surface area contributed by atoms with Crippen molar-refractivity contribution < 1.29 is 17.9 Å². The van der Waals surface area contributed by atoms with E-state index < -0.39 is 22.0 Å². The van der Waals surface area contributed by atoms with Crippen LogP contribution in [0.5, 0.6) is 0 Å². The first-order valence-electron chi connectivity index (χ1n) is 10.9. The topological polar surface area (TPSA) is 99.8 Å². The molecule has 1 heterocycles. The summed E-state index contributed by atoms with van der Waals surface area (Å²) >= 11 is 0. The van der Waals surface area contributed by atoms with Gasteiger partial charge >= 0.3 is 5.97 Å². The van der Waals surface area contributed by atoms with Crippen LogP contribution in [0.3, 0.4) is 0 Å². The molecule has 0 aromatic heterocycles. The molecule has 1 atom stereocenters. The van der Waals surface area contributed by atoms with Crippen LogP contribution in [0.15, 0.2) is 65.6 Å². The average molecular weight is 481 g/mol. The standard InChI is InChI=1S/C25H28N4O4S/c1-26-16-13-20(27-2)25(21(14-16)28-3)34(31,32)29-22-12-8-7-10-18(22)17-9-5-6-11-19(17)23(29)15-24(30)33-4/h5-14,23,26-28H,15H2,1-4H3. The second-order valence-corrected chi connectivity index (χ2v) is 9.60. The third-order valence-electron chi connectivity index (χ3n) is 6.06. The molecule has 1 unspecified atom stereocenters. The van der Waals surface area contributed by atoms with E-state index in [1.807, 2.05) is 36.4 Å². The van der Waals surface area contributed by atoms with Crippen LogP contribution in [0.1, 0.15) is 18.0 Å². The fourth-order valence-corrected chi connectivity index (χ4v) is 6.49. The molecule has 0 aliphatic carbocycles. The first kappa shape index (κ1) is 23.4. The number of sulfonamides is 1. The van der Waals surface area contributed by atoms with E-state index in [0.29, 0.717) is 17.1 Å². The molecule has 1 aliphatic rings. The Kier molecular flexibility index (Phi) is 6.39. The van der Waals surface area contributed by atoms with E-state index in [1.165, 1.54) is 11.4 Å². The van der Waals surface area contributed by atoms with Crippen molar-refractivity contribution in [2.75, 3.05) is 48.5 Å². The lowest BCUT2D eigenvalue weighted by atomic mass is 9.88. The van der Waals surface area contributed by atoms with Gasteiger partial charge in [0.25, 0.3) is 10.0 Å². The monoisotopic (exact) mass is 480 g/mol. The number of ether oxygens (including phenoxy) is 1. The van der Waals surface area contributed by atoms with Gasteiger partial charge < -0.3 is 20.7 Å². The number of benzene rings is 3. The van der Waals surface area contributed by atoms with E-state index in [9.17, 15) is 13.2 Å². The lowest BCUT2D eigenvalue weighted by molar-refractivity contribution is -0.141. The third-order valence-corrected chi connectivity index (χ3v) is 7.98. The predicted octanol–water partition coefficient (Wildman–Crippen LogP) is 4.29. The first-order chi connectivity index (χ1) is 16.4. The van der Waals surface area contributed by atoms with Gasteiger partial charge in [0.1, 0.15) is 4.90 Å². The number of esters is 1. The first-order valence-corrected chi connectivity index (χ1v) is 12.3. The molecule has 3 N–H and O–H groups in total. The van der Waals surface area contributed by atoms with Crippen molar-refractivity contribution in [3.8, 4) is 11.1 Å². The Labute approximate surface area is 200 Å². The van der Waals surface area contributed by atoms with Crippen LogP contribution in [0.25, 0.3) is 11.1 Å². The Balaban J connectivity index is 2.03. The zero-order valence-corrected chi connectivity index (χ0v) is 20.4. The van der Waals surface area contributed by atoms with Crippen molar-refractivity contribution in [1.29, 1.82) is 0 Å². The Morgan fingerprint density at radius 1 is 0.912 bits per heavy atom. The van der Waals surface area contributed by atoms with Gasteiger partial charge in [0.15, 0.2) is 0 Å². The Morgan fingerprint density at radius 3 is 2.09 bits per heavy atom. The Hall–Kier alpha value is -3.72. The summed E-state index contributed by atoms with van der Waals surface area (Å²) in [6.07, 6.45) is -0.126. The van der Waals surface area contributed by atoms with E-state index in [1.54, 1.807) is 45.4 Å². The van der Waals surface area contributed by atoms with E-state index in [-0.39, 0.29) is 11.3 Å². The fourth-order valence-electron chi connectivity index (χ4n) is 4.47. The minimum absolute atomic E-state index is 0.0977. The molecule has 0 bridgehead atoms. The number of methoxy groups -OCH3 is 1. The van der Waals surface area contributed by atoms with Crippen LogP contribution >= 0.6 is 0 Å². The van der Waals surface area contributed by atoms with Crippen LogP contribution in [-0.4, -0.2) is 42.6 Å². The highest BCUT2D eigenvalue weighted by Gasteiger charge is 2.42. The Morgan fingerprint density at radius 2 is 1.50 bits per heavy atom. The van der Waals surface area contributed by atoms with Crippen molar-refractivity contribution in [3.63, 3.8) is 0 Å². The Bertz CT molecular complexity index is 1320. The number of carbonyl (C=O) groups excluding carboxylic acids is 1. The maximum atomic E-state index is 14.5. The summed E-state index contributed by atoms with van der Waals surface area (Å²) < 4.78 is 35.3. The van der Waals surface area contributed by atoms with E-state index >= 15 is 0 Å². The molecule has 34 heavy (non-hydrogen) atoms. The molecular weight excluding hydrogens is 452 g/mol. The number of hydrogen-bond acceptors (Lipinski definition) is 7. The van der Waals surface area contributed by atoms with E-state index in [0.717, 1.165) is 22.4 Å². The van der Waals surface area contributed by atoms with Crippen LogP contribution in [0.2, 0.25) is 0 Å². The summed E-state index contributed by atoms with van der Waals surface area (Å²) in [5.41, 5.74) is 4.56. The molecule has 178 valence electrons. The van der Waals surface area contributed by atoms with Crippen molar-refractivity contribution in [2.24, 2.45) is 0 Å². The summed E-state index contributed by atoms with van der Waals surface area (Å²) in [6.45, 7) is 0. The number of para-hydroxylation sites is 1. The van der Waals surface area contributed by atoms with Crippen LogP contribution in [0, 0.1) is 0 Å². The zero-order chi connectivity index (χ0) is 24.5. The van der Waals surface area contributed by atoms with Gasteiger partial charge in [-0.05, 0) is 29.3 Å². The van der Waals surface area contributed by atoms with Crippen LogP contribution in [-0.2, 0) is 19.6 Å². The molecule has 0 fully saturated rings. The van der Waals surface area contributed by atoms with Crippen LogP contribution < -0.4 is 20.3 Å². The largest absolute Gasteiger partial charge is 0.469 e. The number of fused-ring (bicyclic) bond motifs is 3. The van der Waals surface area contributed by atoms with Crippen molar-refractivity contribution in [3.05, 3.63) is 66.2 Å². The van der Waals surface area contributed by atoms with Crippen molar-refractivity contribution in [2.45, 2.75) is 17.4 Å². The number of nitrogens with zero attached hydrogens (tertiary/aromatic N) is 1. The molecule has 0 saturated heterocycles. The molecule has 0 amide bonds. The summed E-state index contributed by atoms with van der Waals surface area (Å²) in [4.78, 5) is 12.6. The van der Waals surface area contributed by atoms with Gasteiger partial charge in [0, 0.05) is 32.4 Å². The lowest BCUT2D eigenvalue weighted by Crippen LogP contribution is -2.39. The average Bonchev–Trinajstić information content (AvgIpc) is 2.87. The van der Waals surface area contributed by atoms with E-state index in [2.05, 4.69) is 16.0 Å². The fraction of sp³-hybridized carbons (Fsp3) is 0.240. The van der Waals surface area contributed by atoms with Crippen molar-refractivity contribution in [1.82, 2.24) is 0 Å². The minimum Gasteiger partial charge on any atom is -0.469 e. The molecule has 0 radical (unpaired) electrons. The second kappa shape index (κ2) is 9.26. The number of anilines is 4. The van der Waals surface area contributed by atoms with Gasteiger partial charge in [-0.25, -0.2) is 8.42 Å². The van der Waals surface area contributed by atoms with Gasteiger partial charge in [0.2, 0.25) is 0 Å². The molecule has 3 aromatic carbocycles. The van der Waals surface area contributed by atoms with Gasteiger partial charge in [-0.2, -0.15) is 0 Å². The van der Waals surface area contributed by atoms with Crippen molar-refractivity contribution >= 4 is 38.7 Å². The van der Waals surface area contributed by atoms with Gasteiger partial charge in [-0.15, -0.1) is 0 Å². The smallest absolute Gasteiger partial charge is 0.307 e. The summed E-state index contributed by atoms with van der Waals surface area (Å²) in [5, 5.41) is 9.10. The zero-order valence-electron chi connectivity index (χ0n) is 19.5. The third kappa shape index (κ3) is 3.81. The molecule has 0 saturated carbocycles. The molecule has 0 spiro atoms. The number of carbonyl (C=O) groups is 1. The summed E-state index contributed by atoms with van der Waals surface area (Å²) in [5.74, 6) is -0.493. The van der Waals surface area contributed by atoms with Gasteiger partial charge in [-0.1, -0.05) is 42.5 Å². The predicted molar refractivity (Wildman–Crippen MR) is 136 cm³/mol. The quantitative estimate of drug-likeness (QED) is 0.434. The molecule has 9 heteroatoms. The summed E-state index contributed by atoms with van der Waals surface area (Å²) in [7, 11) is 2.27. The molecule has 4 rings (SSSR count). The molecule has 8 nitrogen and oxygen atoms in total. The highest BCUT2D eigenvalue weighted by molar-refractivity contribution is 7.93. The highest BCUT2D eigenvalue weighted by Crippen LogP contribution is 2.50. The SMILES string of the molecule is CNc1cc(NC)c(S(=O)(=O)N2c3ccccc3-c3ccccc3C2CC(=O)OC)c(NC)c1.